The quantitative estimate of drug-likeness (QED) is 0.432. The summed E-state index contributed by atoms with van der Waals surface area (Å²) in [6, 6.07) is 8.63. The van der Waals surface area contributed by atoms with Gasteiger partial charge in [-0.1, -0.05) is 23.3 Å². The lowest BCUT2D eigenvalue weighted by atomic mass is 10.0. The molecule has 1 aliphatic rings. The molecule has 0 saturated heterocycles. The Morgan fingerprint density at radius 3 is 2.26 bits per heavy atom. The number of nitrogens with one attached hydrogen (secondary N) is 1. The van der Waals surface area contributed by atoms with Crippen LogP contribution in [0.4, 0.5) is 22.0 Å². The highest BCUT2D eigenvalue weighted by Crippen LogP contribution is 2.35. The predicted molar refractivity (Wildman–Crippen MR) is 115 cm³/mol. The molecular weight excluding hydrogens is 477 g/mol. The lowest BCUT2D eigenvalue weighted by Gasteiger charge is -2.21. The lowest BCUT2D eigenvalue weighted by Crippen LogP contribution is -2.36. The third kappa shape index (κ3) is 5.65. The second-order valence-corrected chi connectivity index (χ2v) is 8.11. The molecule has 12 heteroatoms. The molecule has 0 radical (unpaired) electrons. The number of carbonyl (C=O) groups is 2. The van der Waals surface area contributed by atoms with Crippen LogP contribution in [0.1, 0.15) is 34.5 Å². The first kappa shape index (κ1) is 25.8. The number of benzene rings is 2. The number of hydrogen-bond donors (Lipinski definition) is 2. The van der Waals surface area contributed by atoms with Gasteiger partial charge in [0.15, 0.2) is 11.3 Å². The van der Waals surface area contributed by atoms with Crippen molar-refractivity contribution in [1.82, 2.24) is 5.32 Å². The maximum Gasteiger partial charge on any atom is 0.416 e. The second kappa shape index (κ2) is 9.45. The summed E-state index contributed by atoms with van der Waals surface area (Å²) in [5.74, 6) is -2.82. The van der Waals surface area contributed by atoms with Crippen LogP contribution in [0.25, 0.3) is 0 Å². The molecule has 1 heterocycles. The maximum absolute atomic E-state index is 13.8. The summed E-state index contributed by atoms with van der Waals surface area (Å²) in [5, 5.41) is 15.4. The van der Waals surface area contributed by atoms with Crippen LogP contribution in [0.5, 0.6) is 5.75 Å². The molecule has 2 aromatic carbocycles. The van der Waals surface area contributed by atoms with Gasteiger partial charge >= 0.3 is 18.0 Å². The number of halogens is 5. The number of amides is 1. The van der Waals surface area contributed by atoms with Crippen molar-refractivity contribution in [3.8, 4) is 5.75 Å². The lowest BCUT2D eigenvalue weighted by molar-refractivity contribution is -0.869. The highest BCUT2D eigenvalue weighted by Gasteiger charge is 2.46. The van der Waals surface area contributed by atoms with Gasteiger partial charge in [-0.3, -0.25) is 4.79 Å². The molecule has 3 rings (SSSR count). The van der Waals surface area contributed by atoms with E-state index < -0.39 is 52.0 Å². The zero-order valence-corrected chi connectivity index (χ0v) is 18.7. The Morgan fingerprint density at radius 2 is 1.71 bits per heavy atom. The molecule has 1 unspecified atom stereocenters. The third-order valence-corrected chi connectivity index (χ3v) is 5.14. The van der Waals surface area contributed by atoms with Gasteiger partial charge in [-0.2, -0.15) is 13.2 Å². The van der Waals surface area contributed by atoms with Crippen molar-refractivity contribution in [1.29, 1.82) is 0 Å². The Kier molecular flexibility index (Phi) is 6.97. The number of ether oxygens (including phenoxy) is 1. The SMILES string of the molecule is CC(NC(=O)C1=C(Oc2cccc(C(F)(F)F)c2)[N+](C)(C)N=C1C(F)F)c1ccc(C(=O)O)cc1. The van der Waals surface area contributed by atoms with E-state index in [2.05, 4.69) is 10.4 Å². The Balaban J connectivity index is 1.96. The molecule has 0 bridgehead atoms. The van der Waals surface area contributed by atoms with Crippen molar-refractivity contribution >= 4 is 17.6 Å². The van der Waals surface area contributed by atoms with Gasteiger partial charge in [0.2, 0.25) is 0 Å². The van der Waals surface area contributed by atoms with E-state index in [1.165, 1.54) is 44.4 Å². The van der Waals surface area contributed by atoms with Crippen LogP contribution in [-0.4, -0.2) is 47.8 Å². The molecule has 7 nitrogen and oxygen atoms in total. The fourth-order valence-electron chi connectivity index (χ4n) is 3.39. The van der Waals surface area contributed by atoms with Gasteiger partial charge < -0.3 is 15.2 Å². The monoisotopic (exact) mass is 498 g/mol. The minimum atomic E-state index is -4.66. The zero-order valence-electron chi connectivity index (χ0n) is 18.7. The van der Waals surface area contributed by atoms with Gasteiger partial charge in [0.05, 0.1) is 17.2 Å². The molecule has 0 aliphatic carbocycles. The van der Waals surface area contributed by atoms with Crippen LogP contribution in [0.3, 0.4) is 0 Å². The standard InChI is InChI=1S/C23H20F5N3O4/c1-12(13-7-9-14(10-8-13)22(33)34)29-20(32)17-18(19(24)25)30-31(2,3)21(17)35-16-6-4-5-15(11-16)23(26,27)28/h4-12,19H,1-3H3,(H-,29,32,33,34)/p+1. The highest BCUT2D eigenvalue weighted by atomic mass is 19.4. The van der Waals surface area contributed by atoms with E-state index in [4.69, 9.17) is 9.84 Å². The Bertz CT molecular complexity index is 1200. The summed E-state index contributed by atoms with van der Waals surface area (Å²) in [5.41, 5.74) is -1.97. The van der Waals surface area contributed by atoms with Crippen molar-refractivity contribution in [2.45, 2.75) is 25.6 Å². The third-order valence-electron chi connectivity index (χ3n) is 5.14. The average Bonchev–Trinajstić information content (AvgIpc) is 3.04. The van der Waals surface area contributed by atoms with E-state index >= 15 is 0 Å². The number of hydrogen-bond acceptors (Lipinski definition) is 4. The van der Waals surface area contributed by atoms with Crippen molar-refractivity contribution in [2.75, 3.05) is 14.1 Å². The zero-order chi connectivity index (χ0) is 26.1. The minimum absolute atomic E-state index is 0.0220. The second-order valence-electron chi connectivity index (χ2n) is 8.11. The smallest absolute Gasteiger partial charge is 0.416 e. The maximum atomic E-state index is 13.8. The normalized spacial score (nSPS) is 16.2. The van der Waals surface area contributed by atoms with E-state index in [9.17, 15) is 31.5 Å². The van der Waals surface area contributed by atoms with E-state index in [-0.39, 0.29) is 17.2 Å². The number of carbonyl (C=O) groups excluding carboxylic acids is 1. The molecule has 0 aromatic heterocycles. The first-order valence-electron chi connectivity index (χ1n) is 10.2. The van der Waals surface area contributed by atoms with Crippen molar-refractivity contribution < 1.29 is 46.0 Å². The van der Waals surface area contributed by atoms with Gasteiger partial charge in [-0.05, 0) is 42.8 Å². The van der Waals surface area contributed by atoms with Gasteiger partial charge in [0.25, 0.3) is 12.3 Å². The van der Waals surface area contributed by atoms with Crippen LogP contribution < -0.4 is 10.1 Å². The van der Waals surface area contributed by atoms with E-state index in [1.54, 1.807) is 6.92 Å². The molecule has 1 atom stereocenters. The minimum Gasteiger partial charge on any atom is -0.478 e. The Labute approximate surface area is 196 Å². The summed E-state index contributed by atoms with van der Waals surface area (Å²) < 4.78 is 71.7. The highest BCUT2D eigenvalue weighted by molar-refractivity contribution is 6.23. The molecule has 0 fully saturated rings. The first-order chi connectivity index (χ1) is 16.2. The van der Waals surface area contributed by atoms with Crippen LogP contribution in [0, 0.1) is 0 Å². The van der Waals surface area contributed by atoms with Gasteiger partial charge in [0.1, 0.15) is 19.8 Å². The number of carboxylic acids is 1. The van der Waals surface area contributed by atoms with Crippen LogP contribution in [-0.2, 0) is 11.0 Å². The number of nitrogens with zero attached hydrogens (tertiary/aromatic N) is 2. The largest absolute Gasteiger partial charge is 0.478 e. The van der Waals surface area contributed by atoms with Crippen LogP contribution >= 0.6 is 0 Å². The number of carboxylic acid groups (broad SMARTS) is 1. The predicted octanol–water partition coefficient (Wildman–Crippen LogP) is 4.58. The number of aromatic carboxylic acids is 1. The van der Waals surface area contributed by atoms with E-state index in [0.717, 1.165) is 12.1 Å². The average molecular weight is 498 g/mol. The van der Waals surface area contributed by atoms with Crippen molar-refractivity contribution in [3.05, 3.63) is 76.7 Å². The molecular formula is C23H21F5N3O4+. The molecule has 186 valence electrons. The molecule has 1 amide bonds. The Hall–Kier alpha value is -3.80. The topological polar surface area (TPSA) is 88.0 Å². The number of quaternary nitrogens is 1. The molecule has 35 heavy (non-hydrogen) atoms. The van der Waals surface area contributed by atoms with E-state index in [0.29, 0.717) is 11.6 Å². The van der Waals surface area contributed by atoms with Gasteiger partial charge in [0, 0.05) is 0 Å². The summed E-state index contributed by atoms with van der Waals surface area (Å²) in [6.07, 6.45) is -7.83. The van der Waals surface area contributed by atoms with Crippen LogP contribution in [0.2, 0.25) is 0 Å². The van der Waals surface area contributed by atoms with Crippen LogP contribution in [0.15, 0.2) is 65.1 Å². The van der Waals surface area contributed by atoms with E-state index in [1.807, 2.05) is 0 Å². The summed E-state index contributed by atoms with van der Waals surface area (Å²) in [7, 11) is 2.67. The first-order valence-corrected chi connectivity index (χ1v) is 10.2. The molecule has 1 aliphatic heterocycles. The molecule has 0 spiro atoms. The fourth-order valence-corrected chi connectivity index (χ4v) is 3.39. The fraction of sp³-hybridized carbons (Fsp3) is 0.261. The number of alkyl halides is 5. The molecule has 2 N–H and O–H groups in total. The van der Waals surface area contributed by atoms with Gasteiger partial charge in [-0.15, -0.1) is 4.59 Å². The van der Waals surface area contributed by atoms with Gasteiger partial charge in [-0.25, -0.2) is 13.6 Å². The Morgan fingerprint density at radius 1 is 1.09 bits per heavy atom. The summed E-state index contributed by atoms with van der Waals surface area (Å²) in [6.45, 7) is 1.55. The van der Waals surface area contributed by atoms with Crippen molar-refractivity contribution in [2.24, 2.45) is 5.10 Å². The molecule has 0 saturated carbocycles. The van der Waals surface area contributed by atoms with Crippen molar-refractivity contribution in [3.63, 3.8) is 0 Å². The summed E-state index contributed by atoms with van der Waals surface area (Å²) in [4.78, 5) is 24.1. The summed E-state index contributed by atoms with van der Waals surface area (Å²) >= 11 is 0. The number of rotatable bonds is 7. The molecule has 2 aromatic rings.